The maximum Gasteiger partial charge on any atom is 0.109 e. The zero-order valence-corrected chi connectivity index (χ0v) is 6.54. The highest BCUT2D eigenvalue weighted by Gasteiger charge is 2.55. The van der Waals surface area contributed by atoms with E-state index >= 15 is 0 Å². The van der Waals surface area contributed by atoms with Crippen molar-refractivity contribution in [3.8, 4) is 0 Å². The van der Waals surface area contributed by atoms with Gasteiger partial charge in [0, 0.05) is 6.54 Å². The van der Waals surface area contributed by atoms with Crippen molar-refractivity contribution in [2.45, 2.75) is 30.4 Å². The number of rotatable bonds is 1. The lowest BCUT2D eigenvalue weighted by Gasteiger charge is -2.34. The molecule has 0 aromatic heterocycles. The highest BCUT2D eigenvalue weighted by molar-refractivity contribution is 5.10. The SMILES string of the molecule is OC[C@@H]1[C@H](O)[C@H](O)[C@@H](O)[C@H]2CN12. The Morgan fingerprint density at radius 1 is 1.08 bits per heavy atom. The lowest BCUT2D eigenvalue weighted by molar-refractivity contribution is -0.116. The van der Waals surface area contributed by atoms with E-state index in [2.05, 4.69) is 0 Å². The molecule has 0 amide bonds. The molecular formula is C7H13NO4. The topological polar surface area (TPSA) is 83.9 Å². The van der Waals surface area contributed by atoms with Gasteiger partial charge in [-0.3, -0.25) is 4.90 Å². The van der Waals surface area contributed by atoms with Crippen molar-refractivity contribution in [1.82, 2.24) is 4.90 Å². The summed E-state index contributed by atoms with van der Waals surface area (Å²) < 4.78 is 0. The van der Waals surface area contributed by atoms with Crippen LogP contribution in [0.4, 0.5) is 0 Å². The lowest BCUT2D eigenvalue weighted by Crippen LogP contribution is -2.56. The fourth-order valence-corrected chi connectivity index (χ4v) is 1.92. The second-order valence-corrected chi connectivity index (χ2v) is 3.49. The van der Waals surface area contributed by atoms with Crippen molar-refractivity contribution in [2.24, 2.45) is 0 Å². The maximum atomic E-state index is 9.39. The normalized spacial score (nSPS) is 58.0. The first kappa shape index (κ1) is 8.40. The largest absolute Gasteiger partial charge is 0.395 e. The Morgan fingerprint density at radius 3 is 2.33 bits per heavy atom. The van der Waals surface area contributed by atoms with Gasteiger partial charge in [0.1, 0.15) is 12.2 Å². The summed E-state index contributed by atoms with van der Waals surface area (Å²) in [5.74, 6) is 0. The minimum Gasteiger partial charge on any atom is -0.395 e. The summed E-state index contributed by atoms with van der Waals surface area (Å²) in [6.07, 6.45) is -3.03. The van der Waals surface area contributed by atoms with E-state index in [0.717, 1.165) is 0 Å². The summed E-state index contributed by atoms with van der Waals surface area (Å²) in [4.78, 5) is 1.79. The molecule has 2 aliphatic rings. The monoisotopic (exact) mass is 175 g/mol. The first-order chi connectivity index (χ1) is 5.66. The molecule has 0 aliphatic carbocycles. The van der Waals surface area contributed by atoms with Crippen molar-refractivity contribution in [3.63, 3.8) is 0 Å². The van der Waals surface area contributed by atoms with Gasteiger partial charge < -0.3 is 20.4 Å². The van der Waals surface area contributed by atoms with Crippen molar-refractivity contribution in [3.05, 3.63) is 0 Å². The molecule has 0 bridgehead atoms. The van der Waals surface area contributed by atoms with Gasteiger partial charge in [-0.2, -0.15) is 0 Å². The molecule has 12 heavy (non-hydrogen) atoms. The number of fused-ring (bicyclic) bond motifs is 1. The third-order valence-electron chi connectivity index (χ3n) is 2.79. The second kappa shape index (κ2) is 2.65. The summed E-state index contributed by atoms with van der Waals surface area (Å²) in [5, 5.41) is 36.9. The van der Waals surface area contributed by atoms with Crippen LogP contribution in [-0.2, 0) is 0 Å². The minimum absolute atomic E-state index is 0.0689. The molecule has 0 radical (unpaired) electrons. The average Bonchev–Trinajstić information content (AvgIpc) is 2.81. The predicted octanol–water partition coefficient (Wildman–Crippen LogP) is -2.87. The Labute approximate surface area is 69.9 Å². The molecule has 2 fully saturated rings. The van der Waals surface area contributed by atoms with Gasteiger partial charge >= 0.3 is 0 Å². The molecular weight excluding hydrogens is 162 g/mol. The molecule has 1 unspecified atom stereocenters. The Bertz CT molecular complexity index is 188. The molecule has 0 saturated carbocycles. The van der Waals surface area contributed by atoms with Crippen LogP contribution in [0, 0.1) is 0 Å². The van der Waals surface area contributed by atoms with Crippen LogP contribution < -0.4 is 0 Å². The molecule has 70 valence electrons. The molecule has 6 atom stereocenters. The van der Waals surface area contributed by atoms with Gasteiger partial charge in [-0.25, -0.2) is 0 Å². The highest BCUT2D eigenvalue weighted by Crippen LogP contribution is 2.34. The Balaban J connectivity index is 2.11. The average molecular weight is 175 g/mol. The number of hydrogen-bond donors (Lipinski definition) is 4. The molecule has 2 rings (SSSR count). The van der Waals surface area contributed by atoms with E-state index in [1.54, 1.807) is 4.90 Å². The van der Waals surface area contributed by atoms with Crippen molar-refractivity contribution in [2.75, 3.05) is 13.2 Å². The van der Waals surface area contributed by atoms with E-state index in [-0.39, 0.29) is 12.6 Å². The molecule has 0 aromatic rings. The van der Waals surface area contributed by atoms with Crippen LogP contribution in [0.2, 0.25) is 0 Å². The first-order valence-electron chi connectivity index (χ1n) is 4.07. The Morgan fingerprint density at radius 2 is 1.75 bits per heavy atom. The van der Waals surface area contributed by atoms with Crippen LogP contribution in [0.25, 0.3) is 0 Å². The fraction of sp³-hybridized carbons (Fsp3) is 1.00. The van der Waals surface area contributed by atoms with Gasteiger partial charge in [-0.15, -0.1) is 0 Å². The fourth-order valence-electron chi connectivity index (χ4n) is 1.92. The third-order valence-corrected chi connectivity index (χ3v) is 2.79. The van der Waals surface area contributed by atoms with Crippen molar-refractivity contribution in [1.29, 1.82) is 0 Å². The van der Waals surface area contributed by atoms with Crippen LogP contribution in [0.1, 0.15) is 0 Å². The predicted molar refractivity (Wildman–Crippen MR) is 39.4 cm³/mol. The van der Waals surface area contributed by atoms with Gasteiger partial charge in [0.05, 0.1) is 24.8 Å². The molecule has 2 aliphatic heterocycles. The van der Waals surface area contributed by atoms with E-state index < -0.39 is 24.4 Å². The van der Waals surface area contributed by atoms with Crippen LogP contribution in [0.3, 0.4) is 0 Å². The number of aliphatic hydroxyl groups excluding tert-OH is 4. The number of hydrogen-bond acceptors (Lipinski definition) is 5. The van der Waals surface area contributed by atoms with Crippen molar-refractivity contribution >= 4 is 0 Å². The van der Waals surface area contributed by atoms with E-state index in [1.165, 1.54) is 0 Å². The number of piperidine rings is 1. The molecule has 5 nitrogen and oxygen atoms in total. The van der Waals surface area contributed by atoms with Gasteiger partial charge in [-0.05, 0) is 0 Å². The van der Waals surface area contributed by atoms with Crippen LogP contribution in [0.15, 0.2) is 0 Å². The Hall–Kier alpha value is -0.200. The summed E-state index contributed by atoms with van der Waals surface area (Å²) in [6.45, 7) is 0.474. The maximum absolute atomic E-state index is 9.39. The summed E-state index contributed by atoms with van der Waals surface area (Å²) >= 11 is 0. The van der Waals surface area contributed by atoms with E-state index in [9.17, 15) is 15.3 Å². The highest BCUT2D eigenvalue weighted by atomic mass is 16.4. The first-order valence-corrected chi connectivity index (χ1v) is 4.07. The minimum atomic E-state index is -1.12. The van der Waals surface area contributed by atoms with E-state index in [1.807, 2.05) is 0 Å². The zero-order valence-electron chi connectivity index (χ0n) is 6.54. The smallest absolute Gasteiger partial charge is 0.109 e. The molecule has 2 saturated heterocycles. The second-order valence-electron chi connectivity index (χ2n) is 3.49. The van der Waals surface area contributed by atoms with E-state index in [4.69, 9.17) is 5.11 Å². The van der Waals surface area contributed by atoms with Gasteiger partial charge in [0.25, 0.3) is 0 Å². The molecule has 5 heteroatoms. The summed E-state index contributed by atoms with van der Waals surface area (Å²) in [6, 6.07) is -0.478. The number of nitrogens with zero attached hydrogens (tertiary/aromatic N) is 1. The molecule has 0 spiro atoms. The molecule has 0 aromatic carbocycles. The van der Waals surface area contributed by atoms with Gasteiger partial charge in [0.15, 0.2) is 0 Å². The summed E-state index contributed by atoms with van der Waals surface area (Å²) in [5.41, 5.74) is 0. The quantitative estimate of drug-likeness (QED) is 0.322. The van der Waals surface area contributed by atoms with Crippen LogP contribution >= 0.6 is 0 Å². The number of aliphatic hydroxyl groups is 4. The Kier molecular flexibility index (Phi) is 1.85. The molecule has 2 heterocycles. The third kappa shape index (κ3) is 0.982. The standard InChI is InChI=1S/C7H13NO4/c9-2-4-6(11)7(12)5(10)3-1-8(3)4/h3-7,9-12H,1-2H2/t3-,4-,5+,6+,7-,8?/m1/s1. The van der Waals surface area contributed by atoms with E-state index in [0.29, 0.717) is 6.54 Å². The van der Waals surface area contributed by atoms with Gasteiger partial charge in [-0.1, -0.05) is 0 Å². The lowest BCUT2D eigenvalue weighted by atomic mass is 9.96. The molecule has 4 N–H and O–H groups in total. The van der Waals surface area contributed by atoms with Crippen LogP contribution in [-0.4, -0.2) is 68.9 Å². The summed E-state index contributed by atoms with van der Waals surface area (Å²) in [7, 11) is 0. The zero-order chi connectivity index (χ0) is 8.88. The van der Waals surface area contributed by atoms with Crippen molar-refractivity contribution < 1.29 is 20.4 Å². The van der Waals surface area contributed by atoms with Gasteiger partial charge in [0.2, 0.25) is 0 Å². The van der Waals surface area contributed by atoms with Crippen LogP contribution in [0.5, 0.6) is 0 Å².